The average molecular weight is 630 g/mol. The van der Waals surface area contributed by atoms with E-state index in [-0.39, 0.29) is 6.29 Å². The molecule has 47 heavy (non-hydrogen) atoms. The Labute approximate surface area is 277 Å². The highest BCUT2D eigenvalue weighted by Crippen LogP contribution is 2.31. The third kappa shape index (κ3) is 8.34. The predicted octanol–water partition coefficient (Wildman–Crippen LogP) is 6.22. The maximum atomic E-state index is 5.60. The molecule has 2 saturated heterocycles. The Morgan fingerprint density at radius 1 is 0.851 bits per heavy atom. The second kappa shape index (κ2) is 15.1. The van der Waals surface area contributed by atoms with E-state index in [9.17, 15) is 0 Å². The van der Waals surface area contributed by atoms with Crippen LogP contribution in [0.4, 0.5) is 17.5 Å². The van der Waals surface area contributed by atoms with Gasteiger partial charge in [-0.05, 0) is 73.3 Å². The number of hydrogen-bond donors (Lipinski definition) is 2. The lowest BCUT2D eigenvalue weighted by molar-refractivity contribution is -0.0441. The molecule has 4 aromatic rings. The van der Waals surface area contributed by atoms with Gasteiger partial charge in [0.05, 0.1) is 13.2 Å². The molecule has 0 radical (unpaired) electrons. The molecule has 0 spiro atoms. The van der Waals surface area contributed by atoms with Crippen LogP contribution in [0.1, 0.15) is 60.8 Å². The van der Waals surface area contributed by atoms with Gasteiger partial charge in [0.1, 0.15) is 11.5 Å². The molecule has 9 nitrogen and oxygen atoms in total. The number of nitrogens with one attached hydrogen (secondary N) is 2. The zero-order valence-electron chi connectivity index (χ0n) is 27.1. The summed E-state index contributed by atoms with van der Waals surface area (Å²) in [6.45, 7) is 6.69. The van der Waals surface area contributed by atoms with Gasteiger partial charge in [-0.2, -0.15) is 4.98 Å². The smallest absolute Gasteiger partial charge is 0.229 e. The van der Waals surface area contributed by atoms with Gasteiger partial charge >= 0.3 is 0 Å². The van der Waals surface area contributed by atoms with Crippen LogP contribution in [0.2, 0.25) is 0 Å². The highest BCUT2D eigenvalue weighted by atomic mass is 16.7. The van der Waals surface area contributed by atoms with Gasteiger partial charge in [-0.25, -0.2) is 9.97 Å². The van der Waals surface area contributed by atoms with Crippen LogP contribution in [0.3, 0.4) is 0 Å². The van der Waals surface area contributed by atoms with E-state index in [0.29, 0.717) is 30.9 Å². The van der Waals surface area contributed by atoms with E-state index in [4.69, 9.17) is 19.4 Å². The lowest BCUT2D eigenvalue weighted by Gasteiger charge is -2.32. The first-order chi connectivity index (χ1) is 23.1. The minimum atomic E-state index is -0.337. The zero-order chi connectivity index (χ0) is 31.8. The Morgan fingerprint density at radius 3 is 2.38 bits per heavy atom. The fraction of sp³-hybridized carbons (Fsp3) is 0.395. The van der Waals surface area contributed by atoms with Crippen LogP contribution in [0, 0.1) is 11.8 Å². The fourth-order valence-corrected chi connectivity index (χ4v) is 6.37. The molecule has 0 unspecified atom stereocenters. The first kappa shape index (κ1) is 31.3. The molecule has 9 heteroatoms. The molecule has 7 rings (SSSR count). The molecule has 3 aliphatic rings. The van der Waals surface area contributed by atoms with E-state index in [1.54, 1.807) is 6.20 Å². The minimum Gasteiger partial charge on any atom is -0.367 e. The largest absolute Gasteiger partial charge is 0.367 e. The molecule has 1 aliphatic carbocycles. The van der Waals surface area contributed by atoms with Gasteiger partial charge < -0.3 is 25.0 Å². The number of anilines is 3. The molecule has 1 saturated carbocycles. The van der Waals surface area contributed by atoms with Crippen LogP contribution in [-0.4, -0.2) is 77.2 Å². The number of likely N-dealkylation sites (N-methyl/N-ethyl adjacent to an activating group) is 1. The summed E-state index contributed by atoms with van der Waals surface area (Å²) in [5.41, 5.74) is 6.90. The van der Waals surface area contributed by atoms with Gasteiger partial charge in [-0.1, -0.05) is 49.4 Å². The summed E-state index contributed by atoms with van der Waals surface area (Å²) in [5.74, 6) is 7.81. The monoisotopic (exact) mass is 629 g/mol. The lowest BCUT2D eigenvalue weighted by Crippen LogP contribution is -2.43. The van der Waals surface area contributed by atoms with Crippen LogP contribution in [-0.2, 0) is 16.0 Å². The number of piperazine rings is 1. The van der Waals surface area contributed by atoms with Crippen molar-refractivity contribution in [2.45, 2.75) is 51.0 Å². The quantitative estimate of drug-likeness (QED) is 0.221. The van der Waals surface area contributed by atoms with Crippen molar-refractivity contribution in [1.29, 1.82) is 0 Å². The van der Waals surface area contributed by atoms with E-state index in [1.165, 1.54) is 37.7 Å². The van der Waals surface area contributed by atoms with Crippen molar-refractivity contribution < 1.29 is 9.47 Å². The molecule has 2 aromatic heterocycles. The van der Waals surface area contributed by atoms with Crippen LogP contribution >= 0.6 is 0 Å². The highest BCUT2D eigenvalue weighted by molar-refractivity contribution is 5.76. The number of ether oxygens (including phenoxy) is 2. The Bertz CT molecular complexity index is 1680. The summed E-state index contributed by atoms with van der Waals surface area (Å²) < 4.78 is 11.2. The van der Waals surface area contributed by atoms with E-state index < -0.39 is 0 Å². The zero-order valence-corrected chi connectivity index (χ0v) is 27.1. The third-order valence-electron chi connectivity index (χ3n) is 9.16. The number of benzene rings is 2. The fourth-order valence-electron chi connectivity index (χ4n) is 6.37. The number of rotatable bonds is 8. The Balaban J connectivity index is 1.04. The normalized spacial score (nSPS) is 18.1. The van der Waals surface area contributed by atoms with Crippen LogP contribution in [0.25, 0.3) is 11.1 Å². The highest BCUT2D eigenvalue weighted by Gasteiger charge is 2.20. The molecule has 4 heterocycles. The molecule has 0 atom stereocenters. The number of hydrogen-bond acceptors (Lipinski definition) is 9. The molecule has 242 valence electrons. The van der Waals surface area contributed by atoms with Gasteiger partial charge in [-0.15, -0.1) is 0 Å². The van der Waals surface area contributed by atoms with E-state index in [2.05, 4.69) is 68.6 Å². The summed E-state index contributed by atoms with van der Waals surface area (Å²) in [6.07, 6.45) is 9.50. The number of pyridine rings is 1. The maximum Gasteiger partial charge on any atom is 0.229 e. The van der Waals surface area contributed by atoms with Gasteiger partial charge in [-0.3, -0.25) is 4.90 Å². The summed E-state index contributed by atoms with van der Waals surface area (Å²) in [6, 6.07) is 21.1. The SMILES string of the molecule is CN1CCN(Cc2ccc(-c3cnc(Nc4ccc(C#Cc5cc(C6OCCO6)ccn5)cc4)nc3NC3CCCCC3)cc2)CC1. The van der Waals surface area contributed by atoms with Crippen LogP contribution in [0.5, 0.6) is 0 Å². The first-order valence-corrected chi connectivity index (χ1v) is 16.9. The summed E-state index contributed by atoms with van der Waals surface area (Å²) in [7, 11) is 2.20. The second-order valence-corrected chi connectivity index (χ2v) is 12.7. The van der Waals surface area contributed by atoms with Crippen molar-refractivity contribution in [3.63, 3.8) is 0 Å². The van der Waals surface area contributed by atoms with Crippen LogP contribution < -0.4 is 10.6 Å². The van der Waals surface area contributed by atoms with Crippen molar-refractivity contribution in [3.8, 4) is 23.0 Å². The van der Waals surface area contributed by atoms with Gasteiger partial charge in [0.25, 0.3) is 0 Å². The Hall–Kier alpha value is -4.33. The topological polar surface area (TPSA) is 87.7 Å². The van der Waals surface area contributed by atoms with Gasteiger partial charge in [0.15, 0.2) is 6.29 Å². The van der Waals surface area contributed by atoms with E-state index in [1.807, 2.05) is 42.6 Å². The van der Waals surface area contributed by atoms with Crippen molar-refractivity contribution in [1.82, 2.24) is 24.8 Å². The molecule has 2 aliphatic heterocycles. The van der Waals surface area contributed by atoms with Crippen LogP contribution in [0.15, 0.2) is 73.1 Å². The molecular weight excluding hydrogens is 586 g/mol. The average Bonchev–Trinajstić information content (AvgIpc) is 3.66. The van der Waals surface area contributed by atoms with Crippen molar-refractivity contribution in [2.75, 3.05) is 57.1 Å². The number of nitrogens with zero attached hydrogens (tertiary/aromatic N) is 5. The molecule has 0 amide bonds. The molecule has 3 fully saturated rings. The van der Waals surface area contributed by atoms with Crippen molar-refractivity contribution in [3.05, 3.63) is 95.4 Å². The summed E-state index contributed by atoms with van der Waals surface area (Å²) in [5, 5.41) is 7.18. The molecule has 0 bridgehead atoms. The van der Waals surface area contributed by atoms with Crippen molar-refractivity contribution >= 4 is 17.5 Å². The Kier molecular flexibility index (Phi) is 10.0. The molecular formula is C38H43N7O2. The van der Waals surface area contributed by atoms with Crippen molar-refractivity contribution in [2.24, 2.45) is 0 Å². The first-order valence-electron chi connectivity index (χ1n) is 16.9. The van der Waals surface area contributed by atoms with E-state index in [0.717, 1.165) is 66.5 Å². The standard InChI is InChI=1S/C38H43N7O2/c1-44-19-21-45(22-20-44)27-29-7-12-30(13-8-29)35-26-40-38(43-36(35)41-32-5-3-2-4-6-32)42-33-14-9-28(10-15-33)11-16-34-25-31(17-18-39-34)37-46-23-24-47-37/h7-10,12-15,17-18,25-26,32,37H,2-6,19-24,27H2,1H3,(H2,40,41,42,43). The molecule has 2 aromatic carbocycles. The lowest BCUT2D eigenvalue weighted by atomic mass is 9.95. The summed E-state index contributed by atoms with van der Waals surface area (Å²) in [4.78, 5) is 19.0. The van der Waals surface area contributed by atoms with E-state index >= 15 is 0 Å². The second-order valence-electron chi connectivity index (χ2n) is 12.7. The third-order valence-corrected chi connectivity index (χ3v) is 9.16. The van der Waals surface area contributed by atoms with Gasteiger partial charge in [0.2, 0.25) is 5.95 Å². The minimum absolute atomic E-state index is 0.337. The number of aromatic nitrogens is 3. The predicted molar refractivity (Wildman–Crippen MR) is 185 cm³/mol. The molecule has 2 N–H and O–H groups in total. The summed E-state index contributed by atoms with van der Waals surface area (Å²) >= 11 is 0. The Morgan fingerprint density at radius 2 is 1.62 bits per heavy atom. The van der Waals surface area contributed by atoms with Gasteiger partial charge in [0, 0.05) is 73.5 Å². The maximum absolute atomic E-state index is 5.60.